The minimum absolute atomic E-state index is 0.777. The van der Waals surface area contributed by atoms with Crippen LogP contribution in [0.5, 0.6) is 11.5 Å². The Hall–Kier alpha value is -3.30. The normalized spacial score (nSPS) is 13.0. The van der Waals surface area contributed by atoms with Gasteiger partial charge in [-0.1, -0.05) is 151 Å². The molecule has 0 radical (unpaired) electrons. The third-order valence-electron chi connectivity index (χ3n) is 9.65. The first kappa shape index (κ1) is 33.1. The van der Waals surface area contributed by atoms with E-state index in [0.717, 1.165) is 37.6 Å². The van der Waals surface area contributed by atoms with Gasteiger partial charge in [-0.15, -0.1) is 0 Å². The molecule has 0 saturated carbocycles. The maximum Gasteiger partial charge on any atom is 0.180 e. The third kappa shape index (κ3) is 7.41. The summed E-state index contributed by atoms with van der Waals surface area (Å²) in [5, 5.41) is 5.78. The van der Waals surface area contributed by atoms with Gasteiger partial charge in [0.25, 0.3) is 0 Å². The van der Waals surface area contributed by atoms with Crippen molar-refractivity contribution < 1.29 is 9.47 Å². The van der Waals surface area contributed by atoms with Crippen LogP contribution in [-0.4, -0.2) is 21.3 Å². The number of benzene rings is 4. The Morgan fingerprint density at radius 3 is 1.24 bits per heavy atom. The molecule has 0 saturated heterocycles. The summed E-state index contributed by atoms with van der Waals surface area (Å²) in [7, 11) is -2.56. The van der Waals surface area contributed by atoms with Crippen molar-refractivity contribution in [3.8, 4) is 22.6 Å². The van der Waals surface area contributed by atoms with Crippen molar-refractivity contribution in [2.75, 3.05) is 13.2 Å². The lowest BCUT2D eigenvalue weighted by Gasteiger charge is -2.32. The van der Waals surface area contributed by atoms with E-state index in [1.807, 2.05) is 0 Å². The molecule has 5 rings (SSSR count). The highest BCUT2D eigenvalue weighted by molar-refractivity contribution is 7.22. The van der Waals surface area contributed by atoms with Crippen molar-refractivity contribution in [1.82, 2.24) is 0 Å². The number of fused-ring (bicyclic) bond motifs is 3. The van der Waals surface area contributed by atoms with Gasteiger partial charge in [-0.05, 0) is 81.8 Å². The zero-order valence-electron chi connectivity index (χ0n) is 28.3. The summed E-state index contributed by atoms with van der Waals surface area (Å²) < 4.78 is 13.0. The highest BCUT2D eigenvalue weighted by Crippen LogP contribution is 2.36. The summed E-state index contributed by atoms with van der Waals surface area (Å²) in [5.74, 6) is 2.05. The number of rotatable bonds is 18. The van der Waals surface area contributed by atoms with Crippen LogP contribution in [0.25, 0.3) is 11.1 Å². The zero-order chi connectivity index (χ0) is 31.5. The Labute approximate surface area is 274 Å². The Bertz CT molecular complexity index is 1380. The van der Waals surface area contributed by atoms with Crippen molar-refractivity contribution in [2.45, 2.75) is 105 Å². The minimum atomic E-state index is -2.56. The lowest BCUT2D eigenvalue weighted by molar-refractivity contribution is 0.302. The quantitative estimate of drug-likeness (QED) is 0.0720. The van der Waals surface area contributed by atoms with Crippen LogP contribution in [0.4, 0.5) is 0 Å². The van der Waals surface area contributed by atoms with Crippen LogP contribution in [0.3, 0.4) is 0 Å². The molecule has 0 spiro atoms. The number of hydrogen-bond acceptors (Lipinski definition) is 2. The average Bonchev–Trinajstić information content (AvgIpc) is 3.33. The number of aryl methyl sites for hydroxylation is 2. The van der Waals surface area contributed by atoms with Crippen molar-refractivity contribution in [1.29, 1.82) is 0 Å². The fourth-order valence-electron chi connectivity index (χ4n) is 7.19. The molecule has 4 aromatic rings. The van der Waals surface area contributed by atoms with Crippen LogP contribution >= 0.6 is 0 Å². The Kier molecular flexibility index (Phi) is 12.0. The second-order valence-corrected chi connectivity index (χ2v) is 16.8. The van der Waals surface area contributed by atoms with E-state index in [0.29, 0.717) is 0 Å². The van der Waals surface area contributed by atoms with Crippen molar-refractivity contribution in [3.63, 3.8) is 0 Å². The maximum atomic E-state index is 6.52. The molecule has 4 aromatic carbocycles. The summed E-state index contributed by atoms with van der Waals surface area (Å²) >= 11 is 0. The Balaban J connectivity index is 1.53. The fraction of sp³-hybridized carbons (Fsp3) is 0.429. The molecular formula is C42H54O2Si. The molecule has 0 bridgehead atoms. The summed E-state index contributed by atoms with van der Waals surface area (Å²) in [6, 6.07) is 32.2. The molecule has 0 atom stereocenters. The second kappa shape index (κ2) is 16.3. The van der Waals surface area contributed by atoms with E-state index in [4.69, 9.17) is 9.47 Å². The van der Waals surface area contributed by atoms with Crippen molar-refractivity contribution in [3.05, 3.63) is 96.1 Å². The smallest absolute Gasteiger partial charge is 0.180 e. The van der Waals surface area contributed by atoms with Crippen LogP contribution in [0.15, 0.2) is 84.9 Å². The molecule has 1 aliphatic heterocycles. The highest BCUT2D eigenvalue weighted by atomic mass is 28.3. The van der Waals surface area contributed by atoms with E-state index in [2.05, 4.69) is 113 Å². The molecule has 2 nitrogen and oxygen atoms in total. The molecule has 0 aromatic heterocycles. The first-order valence-electron chi connectivity index (χ1n) is 17.8. The molecule has 0 N–H and O–H groups in total. The molecule has 1 heterocycles. The monoisotopic (exact) mass is 618 g/mol. The number of ether oxygens (including phenoxy) is 2. The first-order valence-corrected chi connectivity index (χ1v) is 19.8. The van der Waals surface area contributed by atoms with Gasteiger partial charge in [0, 0.05) is 0 Å². The average molecular weight is 619 g/mol. The van der Waals surface area contributed by atoms with E-state index in [1.165, 1.54) is 107 Å². The first-order chi connectivity index (χ1) is 22.1. The maximum absolute atomic E-state index is 6.52. The Morgan fingerprint density at radius 1 is 0.467 bits per heavy atom. The predicted octanol–water partition coefficient (Wildman–Crippen LogP) is 9.14. The molecule has 238 valence electrons. The van der Waals surface area contributed by atoms with E-state index >= 15 is 0 Å². The van der Waals surface area contributed by atoms with Crippen LogP contribution in [0.1, 0.15) is 102 Å². The third-order valence-corrected chi connectivity index (χ3v) is 14.5. The topological polar surface area (TPSA) is 18.5 Å². The van der Waals surface area contributed by atoms with E-state index in [-0.39, 0.29) is 0 Å². The molecule has 0 amide bonds. The van der Waals surface area contributed by atoms with Gasteiger partial charge in [-0.3, -0.25) is 0 Å². The molecular weight excluding hydrogens is 565 g/mol. The number of hydrogen-bond donors (Lipinski definition) is 0. The number of unbranched alkanes of at least 4 members (excludes halogenated alkanes) is 10. The minimum Gasteiger partial charge on any atom is -0.493 e. The molecule has 0 unspecified atom stereocenters. The van der Waals surface area contributed by atoms with Gasteiger partial charge in [0.05, 0.1) is 13.2 Å². The van der Waals surface area contributed by atoms with Gasteiger partial charge in [-0.25, -0.2) is 0 Å². The van der Waals surface area contributed by atoms with Crippen molar-refractivity contribution in [2.24, 2.45) is 0 Å². The second-order valence-electron chi connectivity index (χ2n) is 13.0. The van der Waals surface area contributed by atoms with Gasteiger partial charge in [0.2, 0.25) is 0 Å². The highest BCUT2D eigenvalue weighted by Gasteiger charge is 2.49. The molecule has 45 heavy (non-hydrogen) atoms. The van der Waals surface area contributed by atoms with E-state index < -0.39 is 8.07 Å². The lowest BCUT2D eigenvalue weighted by atomic mass is 10.0. The van der Waals surface area contributed by atoms with Gasteiger partial charge in [-0.2, -0.15) is 0 Å². The van der Waals surface area contributed by atoms with E-state index in [9.17, 15) is 0 Å². The molecule has 0 fully saturated rings. The van der Waals surface area contributed by atoms with E-state index in [1.54, 1.807) is 0 Å². The fourth-order valence-corrected chi connectivity index (χ4v) is 12.5. The van der Waals surface area contributed by atoms with Crippen molar-refractivity contribution >= 4 is 28.8 Å². The zero-order valence-corrected chi connectivity index (χ0v) is 29.3. The SMILES string of the molecule is CCCCCCCCOc1cc2c(cc1C)[Si](c1ccccc1)(c1ccccc1)c1cc(C)c(OCCCCCCCC)cc1-2. The summed E-state index contributed by atoms with van der Waals surface area (Å²) in [6.07, 6.45) is 15.2. The molecule has 3 heteroatoms. The summed E-state index contributed by atoms with van der Waals surface area (Å²) in [4.78, 5) is 0. The van der Waals surface area contributed by atoms with Gasteiger partial charge in [0.15, 0.2) is 8.07 Å². The van der Waals surface area contributed by atoms with Gasteiger partial charge < -0.3 is 9.47 Å². The largest absolute Gasteiger partial charge is 0.493 e. The van der Waals surface area contributed by atoms with Gasteiger partial charge in [0.1, 0.15) is 11.5 Å². The predicted molar refractivity (Wildman–Crippen MR) is 196 cm³/mol. The van der Waals surface area contributed by atoms with Gasteiger partial charge >= 0.3 is 0 Å². The van der Waals surface area contributed by atoms with Crippen LogP contribution in [0.2, 0.25) is 0 Å². The summed E-state index contributed by atoms with van der Waals surface area (Å²) in [5.41, 5.74) is 5.09. The molecule has 1 aliphatic rings. The standard InChI is InChI=1S/C42H54O2Si/c1-5-7-9-11-13-21-27-43-39-31-37-38-32-40(44-28-22-14-12-10-8-6-2)34(4)30-42(38)45(41(37)29-33(39)3,35-23-17-15-18-24-35)36-25-19-16-20-26-36/h15-20,23-26,29-32H,5-14,21-22,27-28H2,1-4H3. The summed E-state index contributed by atoms with van der Waals surface area (Å²) in [6.45, 7) is 10.6. The van der Waals surface area contributed by atoms with Crippen LogP contribution < -0.4 is 30.2 Å². The molecule has 0 aliphatic carbocycles. The van der Waals surface area contributed by atoms with Crippen LogP contribution in [0, 0.1) is 13.8 Å². The van der Waals surface area contributed by atoms with Crippen LogP contribution in [-0.2, 0) is 0 Å². The lowest BCUT2D eigenvalue weighted by Crippen LogP contribution is -2.72. The Morgan fingerprint density at radius 2 is 0.844 bits per heavy atom.